The van der Waals surface area contributed by atoms with Gasteiger partial charge in [-0.15, -0.1) is 0 Å². The van der Waals surface area contributed by atoms with Gasteiger partial charge >= 0.3 is 21.9 Å². The van der Waals surface area contributed by atoms with E-state index in [0.717, 1.165) is 0 Å². The SMILES string of the molecule is CONOC(=O)C[O][AlH][O]C. The van der Waals surface area contributed by atoms with Crippen molar-refractivity contribution >= 4 is 21.9 Å². The summed E-state index contributed by atoms with van der Waals surface area (Å²) in [6.45, 7) is -0.115. The third-order valence-electron chi connectivity index (χ3n) is 0.660. The van der Waals surface area contributed by atoms with Crippen molar-refractivity contribution < 1.29 is 22.0 Å². The number of carbonyl (C=O) groups excluding carboxylic acids is 1. The molecule has 0 bridgehead atoms. The predicted molar refractivity (Wildman–Crippen MR) is 36.3 cm³/mol. The molecular weight excluding hydrogens is 169 g/mol. The lowest BCUT2D eigenvalue weighted by Gasteiger charge is -2.02. The van der Waals surface area contributed by atoms with Crippen molar-refractivity contribution in [1.29, 1.82) is 0 Å². The fraction of sp³-hybridized carbons (Fsp3) is 0.750. The lowest BCUT2D eigenvalue weighted by atomic mass is 10.8. The summed E-state index contributed by atoms with van der Waals surface area (Å²) < 4.78 is 9.44. The van der Waals surface area contributed by atoms with Crippen LogP contribution in [0.3, 0.4) is 0 Å². The Kier molecular flexibility index (Phi) is 7.83. The van der Waals surface area contributed by atoms with Crippen LogP contribution < -0.4 is 5.64 Å². The maximum atomic E-state index is 10.6. The predicted octanol–water partition coefficient (Wildman–Crippen LogP) is -1.47. The molecule has 0 rings (SSSR count). The Hall–Kier alpha value is -0.158. The van der Waals surface area contributed by atoms with Gasteiger partial charge in [0.2, 0.25) is 0 Å². The third-order valence-corrected chi connectivity index (χ3v) is 1.27. The van der Waals surface area contributed by atoms with Crippen LogP contribution in [0.5, 0.6) is 0 Å². The van der Waals surface area contributed by atoms with Crippen LogP contribution in [0.25, 0.3) is 0 Å². The molecule has 6 nitrogen and oxygen atoms in total. The highest BCUT2D eigenvalue weighted by molar-refractivity contribution is 6.18. The van der Waals surface area contributed by atoms with E-state index in [2.05, 4.69) is 13.5 Å². The number of rotatable bonds is 6. The van der Waals surface area contributed by atoms with Gasteiger partial charge in [0.1, 0.15) is 6.61 Å². The summed E-state index contributed by atoms with van der Waals surface area (Å²) in [4.78, 5) is 19.1. The van der Waals surface area contributed by atoms with Gasteiger partial charge in [0.15, 0.2) is 0 Å². The zero-order valence-corrected chi connectivity index (χ0v) is 7.87. The molecular formula is C4H10AlNO5. The zero-order valence-electron chi connectivity index (χ0n) is 6.46. The summed E-state index contributed by atoms with van der Waals surface area (Å²) in [5, 5.41) is 0. The van der Waals surface area contributed by atoms with E-state index in [0.29, 0.717) is 0 Å². The van der Waals surface area contributed by atoms with E-state index in [9.17, 15) is 4.79 Å². The van der Waals surface area contributed by atoms with Gasteiger partial charge in [-0.3, -0.25) is 4.84 Å². The molecule has 0 aromatic heterocycles. The minimum absolute atomic E-state index is 0.115. The lowest BCUT2D eigenvalue weighted by Crippen LogP contribution is -2.23. The second-order valence-electron chi connectivity index (χ2n) is 1.52. The second-order valence-corrected chi connectivity index (χ2v) is 2.74. The molecule has 0 saturated heterocycles. The topological polar surface area (TPSA) is 66.0 Å². The minimum atomic E-state index is -1.01. The lowest BCUT2D eigenvalue weighted by molar-refractivity contribution is -0.186. The van der Waals surface area contributed by atoms with Crippen molar-refractivity contribution in [3.05, 3.63) is 0 Å². The molecule has 0 aliphatic heterocycles. The molecule has 0 unspecified atom stereocenters. The monoisotopic (exact) mass is 179 g/mol. The minimum Gasteiger partial charge on any atom is -0.484 e. The van der Waals surface area contributed by atoms with Crippen molar-refractivity contribution in [1.82, 2.24) is 5.64 Å². The van der Waals surface area contributed by atoms with Crippen LogP contribution in [-0.4, -0.2) is 42.7 Å². The van der Waals surface area contributed by atoms with Crippen LogP contribution >= 0.6 is 0 Å². The van der Waals surface area contributed by atoms with E-state index in [-0.39, 0.29) is 6.61 Å². The molecule has 0 amide bonds. The van der Waals surface area contributed by atoms with Gasteiger partial charge in [0, 0.05) is 7.11 Å². The van der Waals surface area contributed by atoms with Crippen molar-refractivity contribution in [2.45, 2.75) is 0 Å². The fourth-order valence-corrected chi connectivity index (χ4v) is 0.743. The zero-order chi connectivity index (χ0) is 8.53. The Labute approximate surface area is 71.0 Å². The molecule has 64 valence electrons. The molecule has 0 aliphatic carbocycles. The highest BCUT2D eigenvalue weighted by atomic mass is 27.2. The molecule has 1 N–H and O–H groups in total. The normalized spacial score (nSPS) is 9.27. The Morgan fingerprint density at radius 2 is 2.27 bits per heavy atom. The third kappa shape index (κ3) is 7.74. The quantitative estimate of drug-likeness (QED) is 0.305. The number of carbonyl (C=O) groups is 1. The number of hydrogen-bond donors (Lipinski definition) is 1. The van der Waals surface area contributed by atoms with Crippen LogP contribution in [0.15, 0.2) is 0 Å². The van der Waals surface area contributed by atoms with Crippen LogP contribution in [0.4, 0.5) is 0 Å². The van der Waals surface area contributed by atoms with Gasteiger partial charge in [-0.2, -0.15) is 0 Å². The standard InChI is InChI=1S/C3H6NO4.CH3O.Al.H/c1-7-4-8-3(6)2-5;1-2;;/h4H,2H2,1H3;1H3;;/q2*-1;+2;. The summed E-state index contributed by atoms with van der Waals surface area (Å²) in [6.07, 6.45) is 0. The van der Waals surface area contributed by atoms with Crippen LogP contribution in [-0.2, 0) is 22.0 Å². The van der Waals surface area contributed by atoms with E-state index < -0.39 is 21.9 Å². The molecule has 7 heteroatoms. The Morgan fingerprint density at radius 3 is 2.82 bits per heavy atom. The van der Waals surface area contributed by atoms with Crippen LogP contribution in [0.1, 0.15) is 0 Å². The molecule has 0 atom stereocenters. The van der Waals surface area contributed by atoms with E-state index in [1.54, 1.807) is 0 Å². The summed E-state index contributed by atoms with van der Waals surface area (Å²) in [6, 6.07) is 0. The fourth-order valence-electron chi connectivity index (χ4n) is 0.326. The van der Waals surface area contributed by atoms with Gasteiger partial charge in [0.05, 0.1) is 7.11 Å². The van der Waals surface area contributed by atoms with Gasteiger partial charge < -0.3 is 12.4 Å². The molecule has 0 saturated carbocycles. The summed E-state index contributed by atoms with van der Waals surface area (Å²) in [7, 11) is 2.85. The highest BCUT2D eigenvalue weighted by Crippen LogP contribution is 1.76. The average Bonchev–Trinajstić information content (AvgIpc) is 2.01. The Morgan fingerprint density at radius 1 is 1.55 bits per heavy atom. The van der Waals surface area contributed by atoms with E-state index in [1.165, 1.54) is 14.2 Å². The average molecular weight is 179 g/mol. The van der Waals surface area contributed by atoms with Gasteiger partial charge in [-0.1, -0.05) is 0 Å². The van der Waals surface area contributed by atoms with E-state index in [4.69, 9.17) is 3.79 Å². The van der Waals surface area contributed by atoms with Crippen LogP contribution in [0.2, 0.25) is 0 Å². The first-order chi connectivity index (χ1) is 5.31. The van der Waals surface area contributed by atoms with Gasteiger partial charge in [0.25, 0.3) is 0 Å². The number of hydrogen-bond acceptors (Lipinski definition) is 6. The van der Waals surface area contributed by atoms with Gasteiger partial charge in [-0.05, 0) is 5.64 Å². The van der Waals surface area contributed by atoms with E-state index >= 15 is 0 Å². The highest BCUT2D eigenvalue weighted by Gasteiger charge is 2.03. The molecule has 11 heavy (non-hydrogen) atoms. The van der Waals surface area contributed by atoms with Crippen molar-refractivity contribution in [3.63, 3.8) is 0 Å². The smallest absolute Gasteiger partial charge is 0.484 e. The number of nitrogens with one attached hydrogen (secondary N) is 1. The molecule has 0 aliphatic rings. The van der Waals surface area contributed by atoms with Crippen molar-refractivity contribution in [3.8, 4) is 0 Å². The summed E-state index contributed by atoms with van der Waals surface area (Å²) >= 11 is -1.01. The maximum Gasteiger partial charge on any atom is 0.649 e. The molecule has 0 fully saturated rings. The Bertz CT molecular complexity index is 111. The van der Waals surface area contributed by atoms with E-state index in [1.807, 2.05) is 5.64 Å². The van der Waals surface area contributed by atoms with Crippen molar-refractivity contribution in [2.24, 2.45) is 0 Å². The molecule has 0 radical (unpaired) electrons. The first-order valence-corrected chi connectivity index (χ1v) is 4.01. The Balaban J connectivity index is 3.09. The molecule has 0 aromatic carbocycles. The molecule has 0 spiro atoms. The first-order valence-electron chi connectivity index (χ1n) is 2.85. The largest absolute Gasteiger partial charge is 0.649 e. The molecule has 0 heterocycles. The molecule has 0 aromatic rings. The maximum absolute atomic E-state index is 10.6. The van der Waals surface area contributed by atoms with Crippen LogP contribution in [0, 0.1) is 0 Å². The summed E-state index contributed by atoms with van der Waals surface area (Å²) in [5.74, 6) is -0.545. The second kappa shape index (κ2) is 7.94. The van der Waals surface area contributed by atoms with Crippen molar-refractivity contribution in [2.75, 3.05) is 20.8 Å². The van der Waals surface area contributed by atoms with Gasteiger partial charge in [-0.25, -0.2) is 4.79 Å². The first kappa shape index (κ1) is 10.8. The summed E-state index contributed by atoms with van der Waals surface area (Å²) in [5.41, 5.74) is 1.92.